The number of nitrogens with one attached hydrogen (secondary N) is 2. The quantitative estimate of drug-likeness (QED) is 0.871. The van der Waals surface area contributed by atoms with Crippen molar-refractivity contribution in [3.05, 3.63) is 29.8 Å². The third-order valence-electron chi connectivity index (χ3n) is 5.28. The number of rotatable bonds is 5. The molecule has 114 valence electrons. The minimum Gasteiger partial charge on any atom is -0.325 e. The molecular weight excluding hydrogens is 260 g/mol. The molecule has 21 heavy (non-hydrogen) atoms. The van der Waals surface area contributed by atoms with Gasteiger partial charge in [-0.3, -0.25) is 4.79 Å². The van der Waals surface area contributed by atoms with Crippen LogP contribution in [0.5, 0.6) is 0 Å². The van der Waals surface area contributed by atoms with Crippen molar-refractivity contribution < 1.29 is 4.79 Å². The summed E-state index contributed by atoms with van der Waals surface area (Å²) in [7, 11) is 0. The van der Waals surface area contributed by atoms with Crippen molar-refractivity contribution in [1.29, 1.82) is 0 Å². The van der Waals surface area contributed by atoms with Crippen molar-refractivity contribution in [3.8, 4) is 0 Å². The van der Waals surface area contributed by atoms with Gasteiger partial charge in [-0.1, -0.05) is 24.1 Å². The van der Waals surface area contributed by atoms with Crippen LogP contribution in [0.1, 0.15) is 38.2 Å². The van der Waals surface area contributed by atoms with Gasteiger partial charge < -0.3 is 10.6 Å². The number of amides is 1. The molecule has 2 aliphatic rings. The molecule has 3 heteroatoms. The summed E-state index contributed by atoms with van der Waals surface area (Å²) in [5.41, 5.74) is 2.08. The van der Waals surface area contributed by atoms with Crippen LogP contribution in [0.15, 0.2) is 24.3 Å². The lowest BCUT2D eigenvalue weighted by Gasteiger charge is -2.24. The Balaban J connectivity index is 1.45. The van der Waals surface area contributed by atoms with E-state index >= 15 is 0 Å². The van der Waals surface area contributed by atoms with Crippen LogP contribution < -0.4 is 10.6 Å². The van der Waals surface area contributed by atoms with Crippen molar-refractivity contribution in [2.45, 2.75) is 45.6 Å². The number of benzene rings is 1. The molecule has 0 radical (unpaired) electrons. The molecular formula is C18H26N2O. The van der Waals surface area contributed by atoms with E-state index in [1.807, 2.05) is 38.1 Å². The largest absolute Gasteiger partial charge is 0.325 e. The highest BCUT2D eigenvalue weighted by atomic mass is 16.2. The molecule has 3 nitrogen and oxygen atoms in total. The van der Waals surface area contributed by atoms with Gasteiger partial charge in [-0.05, 0) is 69.5 Å². The van der Waals surface area contributed by atoms with Crippen LogP contribution in [0.2, 0.25) is 0 Å². The van der Waals surface area contributed by atoms with E-state index in [2.05, 4.69) is 10.6 Å². The van der Waals surface area contributed by atoms with Gasteiger partial charge in [0.05, 0.1) is 6.04 Å². The third kappa shape index (κ3) is 3.46. The Hall–Kier alpha value is -1.35. The molecule has 0 aromatic heterocycles. The van der Waals surface area contributed by atoms with Crippen molar-refractivity contribution in [1.82, 2.24) is 5.32 Å². The molecule has 0 heterocycles. The van der Waals surface area contributed by atoms with Crippen LogP contribution in [-0.2, 0) is 4.79 Å². The van der Waals surface area contributed by atoms with E-state index in [0.717, 1.165) is 30.0 Å². The number of fused-ring (bicyclic) bond motifs is 2. The second-order valence-corrected chi connectivity index (χ2v) is 6.92. The zero-order valence-corrected chi connectivity index (χ0v) is 13.1. The number of hydrogen-bond acceptors (Lipinski definition) is 2. The molecule has 4 atom stereocenters. The first-order valence-corrected chi connectivity index (χ1v) is 8.22. The highest BCUT2D eigenvalue weighted by molar-refractivity contribution is 5.94. The van der Waals surface area contributed by atoms with Crippen LogP contribution in [0.25, 0.3) is 0 Å². The van der Waals surface area contributed by atoms with Crippen LogP contribution in [0.3, 0.4) is 0 Å². The SMILES string of the molecule is Cc1ccc(NC(=O)C(C)NCC2CC3CCC2C3)cc1. The molecule has 1 aromatic rings. The fraction of sp³-hybridized carbons (Fsp3) is 0.611. The summed E-state index contributed by atoms with van der Waals surface area (Å²) in [4.78, 5) is 12.2. The summed E-state index contributed by atoms with van der Waals surface area (Å²) < 4.78 is 0. The fourth-order valence-electron chi connectivity index (χ4n) is 3.93. The zero-order valence-electron chi connectivity index (χ0n) is 13.1. The maximum atomic E-state index is 12.2. The minimum atomic E-state index is -0.134. The van der Waals surface area contributed by atoms with E-state index in [9.17, 15) is 4.79 Å². The maximum absolute atomic E-state index is 12.2. The fourth-order valence-corrected chi connectivity index (χ4v) is 3.93. The molecule has 0 saturated heterocycles. The molecule has 2 fully saturated rings. The van der Waals surface area contributed by atoms with E-state index in [4.69, 9.17) is 0 Å². The topological polar surface area (TPSA) is 41.1 Å². The average molecular weight is 286 g/mol. The predicted octanol–water partition coefficient (Wildman–Crippen LogP) is 3.35. The maximum Gasteiger partial charge on any atom is 0.241 e. The number of hydrogen-bond donors (Lipinski definition) is 2. The van der Waals surface area contributed by atoms with Gasteiger partial charge in [0, 0.05) is 5.69 Å². The van der Waals surface area contributed by atoms with Crippen LogP contribution in [0.4, 0.5) is 5.69 Å². The molecule has 2 bridgehead atoms. The van der Waals surface area contributed by atoms with Crippen molar-refractivity contribution in [2.75, 3.05) is 11.9 Å². The van der Waals surface area contributed by atoms with Gasteiger partial charge >= 0.3 is 0 Å². The van der Waals surface area contributed by atoms with E-state index in [0.29, 0.717) is 0 Å². The van der Waals surface area contributed by atoms with E-state index < -0.39 is 0 Å². The Bertz CT molecular complexity index is 496. The summed E-state index contributed by atoms with van der Waals surface area (Å²) in [5, 5.41) is 6.41. The Morgan fingerprint density at radius 3 is 2.62 bits per heavy atom. The van der Waals surface area contributed by atoms with Crippen LogP contribution in [0, 0.1) is 24.7 Å². The monoisotopic (exact) mass is 286 g/mol. The first-order chi connectivity index (χ1) is 10.1. The summed E-state index contributed by atoms with van der Waals surface area (Å²) in [6.07, 6.45) is 5.63. The zero-order chi connectivity index (χ0) is 14.8. The first kappa shape index (κ1) is 14.6. The number of anilines is 1. The molecule has 2 saturated carbocycles. The van der Waals surface area contributed by atoms with Gasteiger partial charge in [0.1, 0.15) is 0 Å². The van der Waals surface area contributed by atoms with Gasteiger partial charge in [-0.15, -0.1) is 0 Å². The molecule has 2 aliphatic carbocycles. The van der Waals surface area contributed by atoms with Gasteiger partial charge in [0.25, 0.3) is 0 Å². The molecule has 2 N–H and O–H groups in total. The van der Waals surface area contributed by atoms with Gasteiger partial charge in [0.15, 0.2) is 0 Å². The van der Waals surface area contributed by atoms with Crippen LogP contribution in [-0.4, -0.2) is 18.5 Å². The Kier molecular flexibility index (Phi) is 4.29. The Labute approximate surface area is 127 Å². The number of carbonyl (C=O) groups excluding carboxylic acids is 1. The number of aryl methyl sites for hydroxylation is 1. The third-order valence-corrected chi connectivity index (χ3v) is 5.28. The van der Waals surface area contributed by atoms with Crippen molar-refractivity contribution in [2.24, 2.45) is 17.8 Å². The van der Waals surface area contributed by atoms with Crippen LogP contribution >= 0.6 is 0 Å². The molecule has 4 unspecified atom stereocenters. The van der Waals surface area contributed by atoms with Crippen molar-refractivity contribution >= 4 is 11.6 Å². The average Bonchev–Trinajstić information content (AvgIpc) is 3.09. The van der Waals surface area contributed by atoms with E-state index in [-0.39, 0.29) is 11.9 Å². The molecule has 0 spiro atoms. The molecule has 1 aromatic carbocycles. The smallest absolute Gasteiger partial charge is 0.241 e. The second-order valence-electron chi connectivity index (χ2n) is 6.92. The molecule has 3 rings (SSSR count). The van der Waals surface area contributed by atoms with Crippen molar-refractivity contribution in [3.63, 3.8) is 0 Å². The van der Waals surface area contributed by atoms with Gasteiger partial charge in [0.2, 0.25) is 5.91 Å². The first-order valence-electron chi connectivity index (χ1n) is 8.22. The highest BCUT2D eigenvalue weighted by Crippen LogP contribution is 2.47. The van der Waals surface area contributed by atoms with Gasteiger partial charge in [-0.2, -0.15) is 0 Å². The summed E-state index contributed by atoms with van der Waals surface area (Å²) in [6, 6.07) is 7.81. The highest BCUT2D eigenvalue weighted by Gasteiger charge is 2.39. The molecule has 0 aliphatic heterocycles. The van der Waals surface area contributed by atoms with E-state index in [1.54, 1.807) is 0 Å². The summed E-state index contributed by atoms with van der Waals surface area (Å²) in [6.45, 7) is 4.99. The summed E-state index contributed by atoms with van der Waals surface area (Å²) in [5.74, 6) is 2.73. The second kappa shape index (κ2) is 6.18. The lowest BCUT2D eigenvalue weighted by molar-refractivity contribution is -0.117. The van der Waals surface area contributed by atoms with E-state index in [1.165, 1.54) is 31.2 Å². The van der Waals surface area contributed by atoms with Gasteiger partial charge in [-0.25, -0.2) is 0 Å². The standard InChI is InChI=1S/C18H26N2O/c1-12-3-7-17(8-4-12)20-18(21)13(2)19-11-16-10-14-5-6-15(16)9-14/h3-4,7-8,13-16,19H,5-6,9-11H2,1-2H3,(H,20,21). The number of carbonyl (C=O) groups is 1. The summed E-state index contributed by atoms with van der Waals surface area (Å²) >= 11 is 0. The molecule has 1 amide bonds. The Morgan fingerprint density at radius 2 is 2.00 bits per heavy atom. The predicted molar refractivity (Wildman–Crippen MR) is 86.2 cm³/mol. The normalized spacial score (nSPS) is 28.6. The lowest BCUT2D eigenvalue weighted by atomic mass is 9.89. The minimum absolute atomic E-state index is 0.0574. The lowest BCUT2D eigenvalue weighted by Crippen LogP contribution is -2.41. The Morgan fingerprint density at radius 1 is 1.24 bits per heavy atom.